The van der Waals surface area contributed by atoms with Gasteiger partial charge in [-0.2, -0.15) is 0 Å². The summed E-state index contributed by atoms with van der Waals surface area (Å²) in [6, 6.07) is 99.2. The number of nitrogens with zero attached hydrogens (tertiary/aromatic N) is 9. The predicted molar refractivity (Wildman–Crippen MR) is 593 cm³/mol. The first-order chi connectivity index (χ1) is 104. The molecule has 24 aromatic rings. The molecule has 0 saturated heterocycles. The molecular formula is C108H173N9. The maximum absolute atomic E-state index is 7.57. The van der Waals surface area contributed by atoms with Crippen LogP contribution in [0.15, 0.2) is 347 Å². The Hall–Kier alpha value is -14.7. The first kappa shape index (κ1) is 37.5. The van der Waals surface area contributed by atoms with Crippen LogP contribution < -0.4 is 0 Å². The van der Waals surface area contributed by atoms with Crippen molar-refractivity contribution in [2.45, 2.75) is 61.7 Å². The fourth-order valence-electron chi connectivity index (χ4n) is 17.0. The average molecular weight is 1690 g/mol. The van der Waals surface area contributed by atoms with Crippen molar-refractivity contribution < 1.29 is 138 Å². The Balaban J connectivity index is -0.0000000656. The van der Waals surface area contributed by atoms with Gasteiger partial charge >= 0.3 is 0 Å². The number of benzene rings is 17. The van der Waals surface area contributed by atoms with Crippen LogP contribution in [0, 0.1) is 27.6 Å². The second kappa shape index (κ2) is 31.7. The summed E-state index contributed by atoms with van der Waals surface area (Å²) in [6.07, 6.45) is 20.7. The summed E-state index contributed by atoms with van der Waals surface area (Å²) in [5, 5.41) is 39.1. The zero-order valence-electron chi connectivity index (χ0n) is 157. The normalized spacial score (nSPS) is 14.7. The molecule has 17 aromatic carbocycles. The smallest absolute Gasteiger partial charge is 0.128 e. The van der Waals surface area contributed by atoms with Crippen molar-refractivity contribution in [3.8, 4) is 0 Å². The average Bonchev–Trinajstić information content (AvgIpc) is 0.706. The van der Waals surface area contributed by atoms with Crippen LogP contribution in [-0.4, -0.2) is 44.9 Å². The van der Waals surface area contributed by atoms with E-state index < -0.39 is 0 Å². The van der Waals surface area contributed by atoms with Gasteiger partial charge in [0, 0.05) is 266 Å². The Kier molecular flexibility index (Phi) is 10.2. The zero-order chi connectivity index (χ0) is 170. The number of fused-ring (bicyclic) bond motifs is 36. The van der Waals surface area contributed by atoms with Gasteiger partial charge < -0.3 is 0 Å². The first-order valence-corrected chi connectivity index (χ1v) is 39.3. The van der Waals surface area contributed by atoms with Crippen LogP contribution in [0.2, 0.25) is 0 Å². The maximum Gasteiger partial charge on any atom is 0.128 e. The van der Waals surface area contributed by atoms with E-state index in [1.165, 1.54) is 135 Å². The first-order valence-electron chi connectivity index (χ1n) is 86.4. The molecule has 0 fully saturated rings. The third-order valence-corrected chi connectivity index (χ3v) is 22.4. The quantitative estimate of drug-likeness (QED) is 0.156. The summed E-state index contributed by atoms with van der Waals surface area (Å²) in [5.41, 5.74) is 9.29. The molecule has 0 unspecified atom stereocenters. The molecule has 0 spiro atoms. The van der Waals surface area contributed by atoms with Gasteiger partial charge in [0.25, 0.3) is 0 Å². The van der Waals surface area contributed by atoms with Crippen LogP contribution in [0.25, 0.3) is 194 Å². The van der Waals surface area contributed by atoms with Gasteiger partial charge in [0.15, 0.2) is 0 Å². The van der Waals surface area contributed by atoms with Gasteiger partial charge in [-0.15, -0.1) is 0 Å². The Bertz CT molecular complexity index is 7160. The summed E-state index contributed by atoms with van der Waals surface area (Å²) in [7, 11) is 0. The molecule has 0 atom stereocenters. The van der Waals surface area contributed by atoms with E-state index >= 15 is 0 Å². The summed E-state index contributed by atoms with van der Waals surface area (Å²) < 4.78 is 473. The molecular weight excluding hydrogens is 1420 g/mol. The lowest BCUT2D eigenvalue weighted by Gasteiger charge is -2.10. The van der Waals surface area contributed by atoms with Crippen molar-refractivity contribution in [1.29, 1.82) is 0 Å². The highest BCUT2D eigenvalue weighted by molar-refractivity contribution is 6.30. The Morgan fingerprint density at radius 3 is 0.983 bits per heavy atom. The van der Waals surface area contributed by atoms with Crippen LogP contribution in [0.5, 0.6) is 0 Å². The molecule has 0 amide bonds. The molecule has 0 radical (unpaired) electrons. The van der Waals surface area contributed by atoms with Gasteiger partial charge in [-0.3, -0.25) is 29.9 Å². The Morgan fingerprint density at radius 2 is 0.547 bits per heavy atom. The van der Waals surface area contributed by atoms with E-state index in [-0.39, 0.29) is 7.43 Å². The van der Waals surface area contributed by atoms with E-state index in [0.717, 1.165) is 107 Å². The monoisotopic (exact) mass is 1690 g/mol. The largest absolute Gasteiger partial charge is 0.264 e. The molecule has 0 bridgehead atoms. The molecule has 0 aliphatic carbocycles. The van der Waals surface area contributed by atoms with Crippen LogP contribution in [0.3, 0.4) is 0 Å². The number of aryl methyl sites for hydroxylation is 6. The lowest BCUT2D eigenvalue weighted by Crippen LogP contribution is -1.94. The SMILES string of the molecule is C.CCc1cc2c3ccccc3c3ccccc3c2cn1.CCc1ncc2c3ccccc3c3ccccc3c2n1.Cc1cnc2c3ccccc3c3ccccc3c2n1.[2H]Cc1ccc2c3ccccc3c3ccncc3c2c1.[2H]Cc1ccc2c3ccccc3c3ncccc3c2c1.[2H]Cc1ccc2c3ccncc3c3ccncc3c2c1.[2H][2H].[2H][2H].[2H][2H].[2H][2H].[2H][2H].[2H][2H].[2H][2H].[2H][2H].[2H][2H].[2H][2H].[2H][2H].[2H][2H].[2H][2H].[2H][2H].[2H][2H].[2H][2H].[2H][2H].[2H][2H].[2H][2H].[2H][2H].[2H][2H].[2H][2H].[2H][2H].[2H][2H].[2H][2H].[2H][2H].[2H][2H].[2H][2H].[2H][2H].[2H][2H].[2H][2H].[2H][2H].[2H][2H].[2H][2H].[2H][2H].[2H][2H].[2H][2H].[2H][2H].[2H][2H].[2H][2H].[2H][2H].[2H][2H].[2H][2H].[2H][2H].[2H][2H]. The minimum absolute atomic E-state index is 0. The minimum atomic E-state index is 0. The van der Waals surface area contributed by atoms with E-state index in [1.807, 2.05) is 99.2 Å². The summed E-state index contributed by atoms with van der Waals surface area (Å²) in [4.78, 5) is 40.5. The highest BCUT2D eigenvalue weighted by Crippen LogP contribution is 2.41. The third kappa shape index (κ3) is 13.6. The Labute approximate surface area is 820 Å². The third-order valence-electron chi connectivity index (χ3n) is 22.4. The van der Waals surface area contributed by atoms with Gasteiger partial charge in [0.1, 0.15) is 5.82 Å². The number of aromatic nitrogens is 9. The number of hydrogen-bond donors (Lipinski definition) is 0. The highest BCUT2D eigenvalue weighted by Gasteiger charge is 2.16. The molecule has 0 aliphatic heterocycles. The van der Waals surface area contributed by atoms with Gasteiger partial charge in [0.2, 0.25) is 0 Å². The lowest BCUT2D eigenvalue weighted by atomic mass is 9.94. The molecule has 7 aromatic heterocycles. The van der Waals surface area contributed by atoms with Crippen LogP contribution >= 0.6 is 0 Å². The highest BCUT2D eigenvalue weighted by atomic mass is 14.9. The van der Waals surface area contributed by atoms with Crippen LogP contribution in [0.1, 0.15) is 193 Å². The summed E-state index contributed by atoms with van der Waals surface area (Å²) >= 11 is 0. The predicted octanol–water partition coefficient (Wildman–Crippen LogP) is 39.5. The molecule has 0 N–H and O–H groups in total. The standard InChI is InChI=1S/C19H15N.C18H14N2.2C18H13N.2C17H12N2.CH4.45H2/c1-2-13-11-18-16-9-5-3-7-14(16)15-8-4-6-10-17(15)19(18)12-20-13;1-2-17-19-11-16-14-9-4-3-7-12(14)13-8-5-6-10-15(13)18(16)20-17;1-12-8-9-14-13-5-2-3-6-15(13)18-16(17(14)11-12)7-4-10-19-18;1-12-6-7-15-13-4-2-3-5-14(13)16-8-9-19-11-18(16)17(15)10-12;1-11-10-18-16-14-8-4-2-6-12(14)13-7-3-5-9-15(13)17(16)19-11;1-11-2-3-12-13-4-6-18-9-16(13)14-5-7-19-10-17(14)15(12)8-11;;;;;;;;;;;;;;;;;;;;;;;;;;;;;;;;;;;;;;;;;;;;;;/h3-12H,2H2,1H3;3-11H,2H2,1H3;2*2-11H,1H3;2*2-10H,1H3;1H4;45*1H/i;;2*1D;;1D;;45*1+1D. The van der Waals surface area contributed by atoms with Crippen molar-refractivity contribution >= 4 is 194 Å². The van der Waals surface area contributed by atoms with Crippen LogP contribution in [0.4, 0.5) is 0 Å². The fourth-order valence-corrected chi connectivity index (χ4v) is 17.0. The van der Waals surface area contributed by atoms with Crippen LogP contribution in [-0.2, 0) is 12.8 Å². The topological polar surface area (TPSA) is 116 Å². The number of hydrogen-bond acceptors (Lipinski definition) is 9. The Morgan fingerprint density at radius 1 is 0.239 bits per heavy atom. The molecule has 9 heteroatoms. The number of pyridine rings is 5. The molecule has 7 heterocycles. The van der Waals surface area contributed by atoms with Crippen molar-refractivity contribution in [1.82, 2.24) is 44.9 Å². The van der Waals surface area contributed by atoms with Gasteiger partial charge in [-0.05, 0) is 183 Å². The maximum atomic E-state index is 7.57. The molecule has 24 rings (SSSR count). The van der Waals surface area contributed by atoms with Gasteiger partial charge in [0.05, 0.1) is 27.8 Å². The molecule has 0 aliphatic rings. The van der Waals surface area contributed by atoms with E-state index in [0.29, 0.717) is 20.7 Å². The molecule has 9 nitrogen and oxygen atoms in total. The van der Waals surface area contributed by atoms with E-state index in [2.05, 4.69) is 304 Å². The molecule has 650 valence electrons. The van der Waals surface area contributed by atoms with Crippen molar-refractivity contribution in [3.05, 3.63) is 381 Å². The van der Waals surface area contributed by atoms with E-state index in [9.17, 15) is 0 Å². The second-order valence-electron chi connectivity index (χ2n) is 29.4. The summed E-state index contributed by atoms with van der Waals surface area (Å²) in [5.74, 6) is 0.901. The fraction of sp³-hybridized carbons (Fsp3) is 0.0833. The van der Waals surface area contributed by atoms with E-state index in [1.54, 1.807) is 0 Å². The lowest BCUT2D eigenvalue weighted by molar-refractivity contribution is 0.963. The molecule has 0 saturated carbocycles. The van der Waals surface area contributed by atoms with Crippen molar-refractivity contribution in [3.63, 3.8) is 0 Å². The number of rotatable bonds is 2. The minimum Gasteiger partial charge on any atom is -0.264 e. The van der Waals surface area contributed by atoms with Gasteiger partial charge in [-0.25, -0.2) is 15.0 Å². The van der Waals surface area contributed by atoms with Crippen molar-refractivity contribution in [2.24, 2.45) is 0 Å². The summed E-state index contributed by atoms with van der Waals surface area (Å²) in [6.45, 7) is 7.14. The molecule has 117 heavy (non-hydrogen) atoms. The zero-order valence-corrected chi connectivity index (χ0v) is 64.5. The van der Waals surface area contributed by atoms with E-state index in [4.69, 9.17) is 148 Å². The van der Waals surface area contributed by atoms with Crippen molar-refractivity contribution in [2.75, 3.05) is 0 Å². The van der Waals surface area contributed by atoms with Gasteiger partial charge in [-0.1, -0.05) is 293 Å². The second-order valence-corrected chi connectivity index (χ2v) is 29.4.